The Bertz CT molecular complexity index is 579. The second kappa shape index (κ2) is 5.13. The predicted molar refractivity (Wildman–Crippen MR) is 70.5 cm³/mol. The molecular weight excluding hydrogens is 243 g/mol. The SMILES string of the molecule is OCC1CCCc2cnc(Cc3cccc(F)c3)n21. The number of fused-ring (bicyclic) bond motifs is 1. The lowest BCUT2D eigenvalue weighted by Crippen LogP contribution is -2.22. The molecule has 1 aliphatic heterocycles. The lowest BCUT2D eigenvalue weighted by Gasteiger charge is -2.25. The van der Waals surface area contributed by atoms with Gasteiger partial charge in [0.1, 0.15) is 11.6 Å². The molecule has 2 aromatic rings. The smallest absolute Gasteiger partial charge is 0.123 e. The van der Waals surface area contributed by atoms with Crippen LogP contribution < -0.4 is 0 Å². The van der Waals surface area contributed by atoms with Crippen LogP contribution in [0.1, 0.15) is 36.0 Å². The third-order valence-corrected chi connectivity index (χ3v) is 3.75. The highest BCUT2D eigenvalue weighted by Crippen LogP contribution is 2.27. The van der Waals surface area contributed by atoms with Gasteiger partial charge in [0.2, 0.25) is 0 Å². The number of halogens is 1. The molecule has 2 heterocycles. The molecule has 1 aliphatic rings. The number of hydrogen-bond donors (Lipinski definition) is 1. The molecule has 1 atom stereocenters. The highest BCUT2D eigenvalue weighted by atomic mass is 19.1. The van der Waals surface area contributed by atoms with Gasteiger partial charge in [-0.05, 0) is 37.0 Å². The molecule has 4 heteroatoms. The first-order valence-electron chi connectivity index (χ1n) is 6.68. The number of aliphatic hydroxyl groups is 1. The molecule has 0 fully saturated rings. The van der Waals surface area contributed by atoms with Crippen LogP contribution in [-0.4, -0.2) is 21.3 Å². The van der Waals surface area contributed by atoms with Crippen molar-refractivity contribution in [3.63, 3.8) is 0 Å². The first-order chi connectivity index (χ1) is 9.28. The van der Waals surface area contributed by atoms with E-state index in [0.29, 0.717) is 6.42 Å². The molecule has 100 valence electrons. The number of aromatic nitrogens is 2. The quantitative estimate of drug-likeness (QED) is 0.920. The van der Waals surface area contributed by atoms with E-state index in [1.54, 1.807) is 12.1 Å². The summed E-state index contributed by atoms with van der Waals surface area (Å²) in [6, 6.07) is 6.73. The molecule has 3 nitrogen and oxygen atoms in total. The van der Waals surface area contributed by atoms with Crippen LogP contribution in [0.25, 0.3) is 0 Å². The van der Waals surface area contributed by atoms with E-state index >= 15 is 0 Å². The number of aryl methyl sites for hydroxylation is 1. The Morgan fingerprint density at radius 3 is 3.11 bits per heavy atom. The first kappa shape index (κ1) is 12.4. The zero-order valence-corrected chi connectivity index (χ0v) is 10.7. The molecule has 0 saturated carbocycles. The molecule has 1 N–H and O–H groups in total. The van der Waals surface area contributed by atoms with Gasteiger partial charge in [-0.2, -0.15) is 0 Å². The molecule has 0 aliphatic carbocycles. The first-order valence-corrected chi connectivity index (χ1v) is 6.68. The van der Waals surface area contributed by atoms with E-state index in [2.05, 4.69) is 9.55 Å². The van der Waals surface area contributed by atoms with E-state index in [0.717, 1.165) is 30.7 Å². The van der Waals surface area contributed by atoms with E-state index in [1.807, 2.05) is 12.3 Å². The molecule has 19 heavy (non-hydrogen) atoms. The van der Waals surface area contributed by atoms with Crippen LogP contribution in [0.15, 0.2) is 30.5 Å². The van der Waals surface area contributed by atoms with Crippen molar-refractivity contribution in [2.75, 3.05) is 6.61 Å². The summed E-state index contributed by atoms with van der Waals surface area (Å²) in [5.74, 6) is 0.695. The molecule has 0 bridgehead atoms. The minimum absolute atomic E-state index is 0.120. The van der Waals surface area contributed by atoms with Gasteiger partial charge < -0.3 is 9.67 Å². The zero-order valence-electron chi connectivity index (χ0n) is 10.7. The second-order valence-electron chi connectivity index (χ2n) is 5.07. The molecule has 3 rings (SSSR count). The van der Waals surface area contributed by atoms with Crippen LogP contribution >= 0.6 is 0 Å². The van der Waals surface area contributed by atoms with Gasteiger partial charge in [-0.15, -0.1) is 0 Å². The summed E-state index contributed by atoms with van der Waals surface area (Å²) >= 11 is 0. The summed E-state index contributed by atoms with van der Waals surface area (Å²) in [4.78, 5) is 4.45. The van der Waals surface area contributed by atoms with Gasteiger partial charge in [0.25, 0.3) is 0 Å². The van der Waals surface area contributed by atoms with E-state index < -0.39 is 0 Å². The second-order valence-corrected chi connectivity index (χ2v) is 5.07. The third kappa shape index (κ3) is 2.40. The number of imidazole rings is 1. The summed E-state index contributed by atoms with van der Waals surface area (Å²) in [7, 11) is 0. The van der Waals surface area contributed by atoms with Crippen LogP contribution in [0, 0.1) is 5.82 Å². The number of nitrogens with zero attached hydrogens (tertiary/aromatic N) is 2. The van der Waals surface area contributed by atoms with Gasteiger partial charge in [-0.25, -0.2) is 9.37 Å². The van der Waals surface area contributed by atoms with Crippen molar-refractivity contribution in [3.05, 3.63) is 53.4 Å². The van der Waals surface area contributed by atoms with Crippen LogP contribution in [0.4, 0.5) is 4.39 Å². The fourth-order valence-corrected chi connectivity index (χ4v) is 2.85. The van der Waals surface area contributed by atoms with Crippen molar-refractivity contribution >= 4 is 0 Å². The number of benzene rings is 1. The van der Waals surface area contributed by atoms with Gasteiger partial charge in [-0.3, -0.25) is 0 Å². The van der Waals surface area contributed by atoms with Gasteiger partial charge >= 0.3 is 0 Å². The maximum absolute atomic E-state index is 13.2. The van der Waals surface area contributed by atoms with Gasteiger partial charge in [0, 0.05) is 18.3 Å². The minimum atomic E-state index is -0.221. The summed E-state index contributed by atoms with van der Waals surface area (Å²) < 4.78 is 15.3. The molecular formula is C15H17FN2O. The molecule has 1 unspecified atom stereocenters. The Morgan fingerprint density at radius 1 is 1.42 bits per heavy atom. The Labute approximate surface area is 111 Å². The predicted octanol–water partition coefficient (Wildman–Crippen LogP) is 2.48. The summed E-state index contributed by atoms with van der Waals surface area (Å²) in [6.07, 6.45) is 5.57. The molecule has 1 aromatic heterocycles. The van der Waals surface area contributed by atoms with Gasteiger partial charge in [-0.1, -0.05) is 12.1 Å². The fourth-order valence-electron chi connectivity index (χ4n) is 2.85. The van der Waals surface area contributed by atoms with Crippen molar-refractivity contribution in [3.8, 4) is 0 Å². The molecule has 0 spiro atoms. The summed E-state index contributed by atoms with van der Waals surface area (Å²) in [5.41, 5.74) is 2.09. The van der Waals surface area contributed by atoms with Crippen LogP contribution in [0.5, 0.6) is 0 Å². The Balaban J connectivity index is 1.92. The number of aliphatic hydroxyl groups excluding tert-OH is 1. The van der Waals surface area contributed by atoms with Crippen molar-refractivity contribution < 1.29 is 9.50 Å². The van der Waals surface area contributed by atoms with Gasteiger partial charge in [0.05, 0.1) is 12.6 Å². The van der Waals surface area contributed by atoms with E-state index in [1.165, 1.54) is 11.8 Å². The minimum Gasteiger partial charge on any atom is -0.394 e. The van der Waals surface area contributed by atoms with Crippen molar-refractivity contribution in [2.24, 2.45) is 0 Å². The average molecular weight is 260 g/mol. The van der Waals surface area contributed by atoms with Crippen molar-refractivity contribution in [2.45, 2.75) is 31.7 Å². The Kier molecular flexibility index (Phi) is 3.34. The number of hydrogen-bond acceptors (Lipinski definition) is 2. The molecule has 1 aromatic carbocycles. The summed E-state index contributed by atoms with van der Waals surface area (Å²) in [5, 5.41) is 9.48. The monoisotopic (exact) mass is 260 g/mol. The third-order valence-electron chi connectivity index (χ3n) is 3.75. The summed E-state index contributed by atoms with van der Waals surface area (Å²) in [6.45, 7) is 0.138. The molecule has 0 saturated heterocycles. The largest absolute Gasteiger partial charge is 0.394 e. The van der Waals surface area contributed by atoms with Crippen molar-refractivity contribution in [1.29, 1.82) is 0 Å². The highest BCUT2D eigenvalue weighted by Gasteiger charge is 2.22. The Hall–Kier alpha value is -1.68. The molecule has 0 radical (unpaired) electrons. The highest BCUT2D eigenvalue weighted by molar-refractivity contribution is 5.22. The Morgan fingerprint density at radius 2 is 2.32 bits per heavy atom. The van der Waals surface area contributed by atoms with E-state index in [4.69, 9.17) is 0 Å². The molecule has 0 amide bonds. The zero-order chi connectivity index (χ0) is 13.2. The topological polar surface area (TPSA) is 38.1 Å². The van der Waals surface area contributed by atoms with Crippen LogP contribution in [0.3, 0.4) is 0 Å². The fraction of sp³-hybridized carbons (Fsp3) is 0.400. The van der Waals surface area contributed by atoms with E-state index in [-0.39, 0.29) is 18.5 Å². The van der Waals surface area contributed by atoms with E-state index in [9.17, 15) is 9.50 Å². The van der Waals surface area contributed by atoms with Crippen molar-refractivity contribution in [1.82, 2.24) is 9.55 Å². The normalized spacial score (nSPS) is 18.3. The average Bonchev–Trinajstić information content (AvgIpc) is 2.82. The standard InChI is InChI=1S/C15H17FN2O/c16-12-4-1-3-11(7-12)8-15-17-9-13-5-2-6-14(10-19)18(13)15/h1,3-4,7,9,14,19H,2,5-6,8,10H2. The number of rotatable bonds is 3. The lowest BCUT2D eigenvalue weighted by molar-refractivity contribution is 0.204. The maximum atomic E-state index is 13.2. The maximum Gasteiger partial charge on any atom is 0.123 e. The lowest BCUT2D eigenvalue weighted by atomic mass is 10.0. The van der Waals surface area contributed by atoms with Gasteiger partial charge in [0.15, 0.2) is 0 Å². The van der Waals surface area contributed by atoms with Crippen LogP contribution in [-0.2, 0) is 12.8 Å². The van der Waals surface area contributed by atoms with Crippen LogP contribution in [0.2, 0.25) is 0 Å².